The summed E-state index contributed by atoms with van der Waals surface area (Å²) in [5.74, 6) is 1.06. The number of aryl methyl sites for hydroxylation is 2. The van der Waals surface area contributed by atoms with Crippen LogP contribution in [0.5, 0.6) is 0 Å². The van der Waals surface area contributed by atoms with Gasteiger partial charge in [-0.3, -0.25) is 9.55 Å². The molecule has 0 unspecified atom stereocenters. The largest absolute Gasteiger partial charge is 0.296 e. The smallest absolute Gasteiger partial charge is 0.119 e. The fourth-order valence-corrected chi connectivity index (χ4v) is 2.96. The van der Waals surface area contributed by atoms with E-state index in [-0.39, 0.29) is 5.41 Å². The van der Waals surface area contributed by atoms with Gasteiger partial charge in [-0.1, -0.05) is 32.9 Å². The maximum absolute atomic E-state index is 4.93. The molecule has 1 radical (unpaired) electrons. The molecule has 2 heterocycles. The molecule has 0 bridgehead atoms. The molecule has 2 aromatic heterocycles. The second kappa shape index (κ2) is 5.48. The first kappa shape index (κ1) is 15.7. The van der Waals surface area contributed by atoms with Gasteiger partial charge in [-0.05, 0) is 51.0 Å². The standard InChI is InChI=1S/C20H24N3/c1-7-15-8-10-16(11-9-15)23-17-12-13(2)21-14(3)18(17)22-19(23)20(4,5)6/h8-12H,1,7H2,2-6H3. The molecular formula is C20H24N3. The monoisotopic (exact) mass is 306 g/mol. The summed E-state index contributed by atoms with van der Waals surface area (Å²) in [5, 5.41) is 0. The lowest BCUT2D eigenvalue weighted by atomic mass is 9.95. The van der Waals surface area contributed by atoms with Crippen molar-refractivity contribution >= 4 is 11.0 Å². The van der Waals surface area contributed by atoms with Gasteiger partial charge in [0.15, 0.2) is 0 Å². The Morgan fingerprint density at radius 2 is 1.70 bits per heavy atom. The van der Waals surface area contributed by atoms with Crippen LogP contribution in [0.2, 0.25) is 0 Å². The Kier molecular flexibility index (Phi) is 3.75. The lowest BCUT2D eigenvalue weighted by Gasteiger charge is -2.20. The molecule has 23 heavy (non-hydrogen) atoms. The molecule has 0 aliphatic carbocycles. The van der Waals surface area contributed by atoms with Crippen LogP contribution in [0.1, 0.15) is 43.5 Å². The highest BCUT2D eigenvalue weighted by atomic mass is 15.1. The molecule has 3 rings (SSSR count). The zero-order valence-electron chi connectivity index (χ0n) is 14.6. The third kappa shape index (κ3) is 2.76. The molecule has 0 saturated heterocycles. The summed E-state index contributed by atoms with van der Waals surface area (Å²) in [6.07, 6.45) is 0.805. The predicted octanol–water partition coefficient (Wildman–Crippen LogP) is 4.71. The zero-order chi connectivity index (χ0) is 16.8. The average Bonchev–Trinajstić information content (AvgIpc) is 2.87. The fourth-order valence-electron chi connectivity index (χ4n) is 2.96. The first-order chi connectivity index (χ1) is 10.8. The van der Waals surface area contributed by atoms with Crippen molar-refractivity contribution in [2.45, 2.75) is 46.5 Å². The van der Waals surface area contributed by atoms with Gasteiger partial charge >= 0.3 is 0 Å². The molecular weight excluding hydrogens is 282 g/mol. The Labute approximate surface area is 138 Å². The third-order valence-electron chi connectivity index (χ3n) is 4.10. The van der Waals surface area contributed by atoms with Crippen LogP contribution in [-0.4, -0.2) is 14.5 Å². The normalized spacial score (nSPS) is 12.1. The fraction of sp³-hybridized carbons (Fsp3) is 0.350. The topological polar surface area (TPSA) is 30.7 Å². The number of pyridine rings is 1. The van der Waals surface area contributed by atoms with Gasteiger partial charge in [0.2, 0.25) is 0 Å². The van der Waals surface area contributed by atoms with Crippen molar-refractivity contribution in [3.05, 3.63) is 60.0 Å². The summed E-state index contributed by atoms with van der Waals surface area (Å²) in [6.45, 7) is 14.6. The first-order valence-corrected chi connectivity index (χ1v) is 8.07. The van der Waals surface area contributed by atoms with Gasteiger partial charge in [0.1, 0.15) is 11.3 Å². The summed E-state index contributed by atoms with van der Waals surface area (Å²) < 4.78 is 2.27. The Bertz CT molecular complexity index is 849. The molecule has 3 heteroatoms. The summed E-state index contributed by atoms with van der Waals surface area (Å²) in [5.41, 5.74) is 6.45. The number of benzene rings is 1. The molecule has 3 nitrogen and oxygen atoms in total. The quantitative estimate of drug-likeness (QED) is 0.686. The summed E-state index contributed by atoms with van der Waals surface area (Å²) in [4.78, 5) is 9.51. The number of fused-ring (bicyclic) bond motifs is 1. The lowest BCUT2D eigenvalue weighted by molar-refractivity contribution is 0.539. The van der Waals surface area contributed by atoms with Crippen molar-refractivity contribution in [3.8, 4) is 5.69 Å². The van der Waals surface area contributed by atoms with Gasteiger partial charge in [0.05, 0.1) is 11.2 Å². The number of hydrogen-bond donors (Lipinski definition) is 0. The van der Waals surface area contributed by atoms with Crippen molar-refractivity contribution in [2.75, 3.05) is 0 Å². The van der Waals surface area contributed by atoms with Crippen molar-refractivity contribution in [1.82, 2.24) is 14.5 Å². The van der Waals surface area contributed by atoms with Gasteiger partial charge in [0, 0.05) is 16.8 Å². The summed E-state index contributed by atoms with van der Waals surface area (Å²) in [6, 6.07) is 10.7. The van der Waals surface area contributed by atoms with Crippen LogP contribution < -0.4 is 0 Å². The minimum atomic E-state index is -0.0512. The van der Waals surface area contributed by atoms with Crippen molar-refractivity contribution in [1.29, 1.82) is 0 Å². The molecule has 0 aliphatic rings. The van der Waals surface area contributed by atoms with Crippen molar-refractivity contribution in [2.24, 2.45) is 0 Å². The van der Waals surface area contributed by atoms with Crippen molar-refractivity contribution < 1.29 is 0 Å². The summed E-state index contributed by atoms with van der Waals surface area (Å²) in [7, 11) is 0. The first-order valence-electron chi connectivity index (χ1n) is 8.07. The second-order valence-corrected chi connectivity index (χ2v) is 7.15. The average molecular weight is 306 g/mol. The number of nitrogens with zero attached hydrogens (tertiary/aromatic N) is 3. The minimum absolute atomic E-state index is 0.0512. The van der Waals surface area contributed by atoms with E-state index in [0.717, 1.165) is 40.4 Å². The van der Waals surface area contributed by atoms with E-state index in [1.165, 1.54) is 5.56 Å². The van der Waals surface area contributed by atoms with Gasteiger partial charge in [-0.15, -0.1) is 0 Å². The molecule has 119 valence electrons. The lowest BCUT2D eigenvalue weighted by Crippen LogP contribution is -2.18. The molecule has 0 N–H and O–H groups in total. The van der Waals surface area contributed by atoms with E-state index in [1.54, 1.807) is 0 Å². The van der Waals surface area contributed by atoms with Crippen LogP contribution in [-0.2, 0) is 11.8 Å². The van der Waals surface area contributed by atoms with E-state index >= 15 is 0 Å². The van der Waals surface area contributed by atoms with E-state index < -0.39 is 0 Å². The second-order valence-electron chi connectivity index (χ2n) is 7.15. The maximum Gasteiger partial charge on any atom is 0.119 e. The molecule has 0 amide bonds. The van der Waals surface area contributed by atoms with Gasteiger partial charge < -0.3 is 0 Å². The molecule has 0 atom stereocenters. The van der Waals surface area contributed by atoms with Gasteiger partial charge in [-0.2, -0.15) is 0 Å². The van der Waals surface area contributed by atoms with Crippen LogP contribution in [0.4, 0.5) is 0 Å². The SMILES string of the molecule is [CH2]Cc1ccc(-n2c(C(C)(C)C)nc3c(C)nc(C)cc32)cc1. The van der Waals surface area contributed by atoms with Crippen LogP contribution >= 0.6 is 0 Å². The van der Waals surface area contributed by atoms with E-state index in [4.69, 9.17) is 4.98 Å². The molecule has 3 aromatic rings. The van der Waals surface area contributed by atoms with Crippen LogP contribution in [0.25, 0.3) is 16.7 Å². The zero-order valence-corrected chi connectivity index (χ0v) is 14.6. The highest BCUT2D eigenvalue weighted by molar-refractivity contribution is 5.81. The Morgan fingerprint density at radius 1 is 1.04 bits per heavy atom. The summed E-state index contributed by atoms with van der Waals surface area (Å²) >= 11 is 0. The van der Waals surface area contributed by atoms with E-state index in [1.807, 2.05) is 13.8 Å². The Balaban J connectivity index is 2.35. The maximum atomic E-state index is 4.93. The van der Waals surface area contributed by atoms with E-state index in [0.29, 0.717) is 0 Å². The molecule has 0 aliphatic heterocycles. The van der Waals surface area contributed by atoms with E-state index in [9.17, 15) is 0 Å². The van der Waals surface area contributed by atoms with Gasteiger partial charge in [0.25, 0.3) is 0 Å². The van der Waals surface area contributed by atoms with Crippen LogP contribution in [0.3, 0.4) is 0 Å². The molecule has 0 fully saturated rings. The third-order valence-corrected chi connectivity index (χ3v) is 4.10. The number of hydrogen-bond acceptors (Lipinski definition) is 2. The molecule has 0 saturated carbocycles. The number of imidazole rings is 1. The van der Waals surface area contributed by atoms with Crippen LogP contribution in [0, 0.1) is 20.8 Å². The highest BCUT2D eigenvalue weighted by Crippen LogP contribution is 2.31. The minimum Gasteiger partial charge on any atom is -0.296 e. The number of rotatable bonds is 2. The van der Waals surface area contributed by atoms with E-state index in [2.05, 4.69) is 67.6 Å². The molecule has 0 spiro atoms. The predicted molar refractivity (Wildman–Crippen MR) is 96.1 cm³/mol. The Morgan fingerprint density at radius 3 is 2.26 bits per heavy atom. The highest BCUT2D eigenvalue weighted by Gasteiger charge is 2.24. The van der Waals surface area contributed by atoms with Gasteiger partial charge in [-0.25, -0.2) is 4.98 Å². The Hall–Kier alpha value is -2.16. The van der Waals surface area contributed by atoms with Crippen LogP contribution in [0.15, 0.2) is 30.3 Å². The molecule has 1 aromatic carbocycles. The van der Waals surface area contributed by atoms with Crippen molar-refractivity contribution in [3.63, 3.8) is 0 Å². The number of aromatic nitrogens is 3.